The molecule has 1 aromatic rings. The second-order valence-corrected chi connectivity index (χ2v) is 5.85. The Morgan fingerprint density at radius 3 is 2.42 bits per heavy atom. The lowest BCUT2D eigenvalue weighted by Gasteiger charge is -2.32. The molecule has 6 heteroatoms. The van der Waals surface area contributed by atoms with E-state index in [4.69, 9.17) is 9.47 Å². The molecule has 0 aliphatic carbocycles. The number of ether oxygens (including phenoxy) is 2. The number of nitrogens with zero attached hydrogens (tertiary/aromatic N) is 1. The van der Waals surface area contributed by atoms with E-state index in [-0.39, 0.29) is 12.1 Å². The first-order chi connectivity index (χ1) is 11.5. The van der Waals surface area contributed by atoms with Gasteiger partial charge in [-0.3, -0.25) is 0 Å². The van der Waals surface area contributed by atoms with Gasteiger partial charge in [0.05, 0.1) is 18.8 Å². The Kier molecular flexibility index (Phi) is 6.46. The van der Waals surface area contributed by atoms with Crippen molar-refractivity contribution in [3.05, 3.63) is 29.3 Å². The van der Waals surface area contributed by atoms with Crippen LogP contribution in [0, 0.1) is 6.92 Å². The molecule has 24 heavy (non-hydrogen) atoms. The monoisotopic (exact) mass is 334 g/mol. The smallest absolute Gasteiger partial charge is 0.409 e. The molecule has 0 radical (unpaired) electrons. The van der Waals surface area contributed by atoms with E-state index < -0.39 is 0 Å². The lowest BCUT2D eigenvalue weighted by atomic mass is 10.0. The average molecular weight is 334 g/mol. The molecule has 2 rings (SSSR count). The molecule has 0 bridgehead atoms. The molecule has 0 aromatic heterocycles. The summed E-state index contributed by atoms with van der Waals surface area (Å²) >= 11 is 0. The molecule has 132 valence electrons. The third-order valence-electron chi connectivity index (χ3n) is 4.12. The number of likely N-dealkylation sites (tertiary alicyclic amines) is 1. The van der Waals surface area contributed by atoms with Crippen LogP contribution >= 0.6 is 0 Å². The fourth-order valence-electron chi connectivity index (χ4n) is 2.81. The van der Waals surface area contributed by atoms with Crippen molar-refractivity contribution in [2.75, 3.05) is 31.6 Å². The quantitative estimate of drug-likeness (QED) is 0.838. The van der Waals surface area contributed by atoms with Crippen molar-refractivity contribution in [1.82, 2.24) is 4.90 Å². The normalized spacial score (nSPS) is 15.0. The van der Waals surface area contributed by atoms with Gasteiger partial charge in [0.15, 0.2) is 0 Å². The Morgan fingerprint density at radius 2 is 1.83 bits per heavy atom. The van der Waals surface area contributed by atoms with Crippen LogP contribution in [-0.2, 0) is 9.47 Å². The third kappa shape index (κ3) is 4.63. The van der Waals surface area contributed by atoms with Gasteiger partial charge >= 0.3 is 12.1 Å². The van der Waals surface area contributed by atoms with E-state index in [0.29, 0.717) is 37.9 Å². The molecule has 0 unspecified atom stereocenters. The van der Waals surface area contributed by atoms with Gasteiger partial charge in [0.25, 0.3) is 0 Å². The third-order valence-corrected chi connectivity index (χ3v) is 4.12. The summed E-state index contributed by atoms with van der Waals surface area (Å²) in [6.45, 7) is 7.74. The number of esters is 1. The predicted molar refractivity (Wildman–Crippen MR) is 92.4 cm³/mol. The van der Waals surface area contributed by atoms with Gasteiger partial charge in [-0.05, 0) is 57.4 Å². The number of carbonyl (C=O) groups excluding carboxylic acids is 2. The zero-order valence-corrected chi connectivity index (χ0v) is 14.6. The van der Waals surface area contributed by atoms with Gasteiger partial charge in [-0.15, -0.1) is 0 Å². The SMILES string of the molecule is CCOC(=O)c1ccc(NC2CCN(C(=O)OCC)CC2)c(C)c1. The number of anilines is 1. The molecule has 0 spiro atoms. The Balaban J connectivity index is 1.91. The summed E-state index contributed by atoms with van der Waals surface area (Å²) in [5, 5.41) is 3.51. The lowest BCUT2D eigenvalue weighted by molar-refractivity contribution is 0.0526. The number of nitrogens with one attached hydrogen (secondary N) is 1. The Morgan fingerprint density at radius 1 is 1.17 bits per heavy atom. The molecule has 1 aromatic carbocycles. The van der Waals surface area contributed by atoms with Gasteiger partial charge in [0.2, 0.25) is 0 Å². The number of hydrogen-bond acceptors (Lipinski definition) is 5. The second kappa shape index (κ2) is 8.57. The molecule has 1 N–H and O–H groups in total. The molecule has 0 saturated carbocycles. The minimum absolute atomic E-state index is 0.231. The van der Waals surface area contributed by atoms with Crippen molar-refractivity contribution in [2.45, 2.75) is 39.7 Å². The summed E-state index contributed by atoms with van der Waals surface area (Å²) in [5.41, 5.74) is 2.59. The van der Waals surface area contributed by atoms with Crippen LogP contribution in [0.3, 0.4) is 0 Å². The van der Waals surface area contributed by atoms with Crippen molar-refractivity contribution in [2.24, 2.45) is 0 Å². The molecule has 0 atom stereocenters. The van der Waals surface area contributed by atoms with Crippen molar-refractivity contribution >= 4 is 17.7 Å². The van der Waals surface area contributed by atoms with E-state index in [2.05, 4.69) is 5.32 Å². The van der Waals surface area contributed by atoms with E-state index in [9.17, 15) is 9.59 Å². The summed E-state index contributed by atoms with van der Waals surface area (Å²) < 4.78 is 10.1. The molecule has 1 heterocycles. The van der Waals surface area contributed by atoms with Crippen molar-refractivity contribution < 1.29 is 19.1 Å². The zero-order chi connectivity index (χ0) is 17.5. The standard InChI is InChI=1S/C18H26N2O4/c1-4-23-17(21)14-6-7-16(13(3)12-14)19-15-8-10-20(11-9-15)18(22)24-5-2/h6-7,12,15,19H,4-5,8-11H2,1-3H3. The fourth-order valence-corrected chi connectivity index (χ4v) is 2.81. The van der Waals surface area contributed by atoms with Gasteiger partial charge in [-0.1, -0.05) is 0 Å². The fraction of sp³-hybridized carbons (Fsp3) is 0.556. The first-order valence-electron chi connectivity index (χ1n) is 8.51. The Labute approximate surface area is 143 Å². The Bertz CT molecular complexity index is 580. The number of amides is 1. The Hall–Kier alpha value is -2.24. The second-order valence-electron chi connectivity index (χ2n) is 5.85. The number of piperidine rings is 1. The predicted octanol–water partition coefficient (Wildman–Crippen LogP) is 3.20. The van der Waals surface area contributed by atoms with Gasteiger partial charge in [0.1, 0.15) is 0 Å². The molecule has 1 aliphatic rings. The highest BCUT2D eigenvalue weighted by Gasteiger charge is 2.23. The summed E-state index contributed by atoms with van der Waals surface area (Å²) in [5.74, 6) is -0.296. The van der Waals surface area contributed by atoms with Crippen LogP contribution in [0.25, 0.3) is 0 Å². The van der Waals surface area contributed by atoms with Crippen LogP contribution in [0.1, 0.15) is 42.6 Å². The lowest BCUT2D eigenvalue weighted by Crippen LogP contribution is -2.42. The maximum absolute atomic E-state index is 11.8. The molecular weight excluding hydrogens is 308 g/mol. The molecular formula is C18H26N2O4. The van der Waals surface area contributed by atoms with Crippen LogP contribution in [0.2, 0.25) is 0 Å². The van der Waals surface area contributed by atoms with E-state index in [1.165, 1.54) is 0 Å². The van der Waals surface area contributed by atoms with E-state index in [1.54, 1.807) is 17.9 Å². The largest absolute Gasteiger partial charge is 0.462 e. The van der Waals surface area contributed by atoms with Gasteiger partial charge < -0.3 is 19.7 Å². The number of carbonyl (C=O) groups is 2. The summed E-state index contributed by atoms with van der Waals surface area (Å²) in [7, 11) is 0. The zero-order valence-electron chi connectivity index (χ0n) is 14.6. The van der Waals surface area contributed by atoms with Crippen LogP contribution < -0.4 is 5.32 Å². The summed E-state index contributed by atoms with van der Waals surface area (Å²) in [4.78, 5) is 25.2. The molecule has 1 saturated heterocycles. The van der Waals surface area contributed by atoms with E-state index >= 15 is 0 Å². The highest BCUT2D eigenvalue weighted by Crippen LogP contribution is 2.22. The summed E-state index contributed by atoms with van der Waals surface area (Å²) in [6, 6.07) is 5.84. The summed E-state index contributed by atoms with van der Waals surface area (Å²) in [6.07, 6.45) is 1.52. The van der Waals surface area contributed by atoms with Gasteiger partial charge in [0, 0.05) is 24.8 Å². The maximum atomic E-state index is 11.8. The van der Waals surface area contributed by atoms with Crippen LogP contribution in [0.4, 0.5) is 10.5 Å². The van der Waals surface area contributed by atoms with Crippen LogP contribution in [-0.4, -0.2) is 49.3 Å². The number of rotatable bonds is 5. The van der Waals surface area contributed by atoms with E-state index in [0.717, 1.165) is 24.1 Å². The van der Waals surface area contributed by atoms with Crippen molar-refractivity contribution in [3.63, 3.8) is 0 Å². The topological polar surface area (TPSA) is 67.9 Å². The first kappa shape index (κ1) is 18.1. The van der Waals surface area contributed by atoms with Crippen molar-refractivity contribution in [1.29, 1.82) is 0 Å². The first-order valence-corrected chi connectivity index (χ1v) is 8.51. The number of hydrogen-bond donors (Lipinski definition) is 1. The molecule has 1 aliphatic heterocycles. The minimum atomic E-state index is -0.296. The molecule has 6 nitrogen and oxygen atoms in total. The maximum Gasteiger partial charge on any atom is 0.409 e. The minimum Gasteiger partial charge on any atom is -0.462 e. The number of aryl methyl sites for hydroxylation is 1. The number of benzene rings is 1. The van der Waals surface area contributed by atoms with E-state index in [1.807, 2.05) is 26.0 Å². The van der Waals surface area contributed by atoms with Crippen molar-refractivity contribution in [3.8, 4) is 0 Å². The highest BCUT2D eigenvalue weighted by molar-refractivity contribution is 5.90. The van der Waals surface area contributed by atoms with Gasteiger partial charge in [-0.2, -0.15) is 0 Å². The van der Waals surface area contributed by atoms with Crippen LogP contribution in [0.15, 0.2) is 18.2 Å². The molecule has 1 amide bonds. The van der Waals surface area contributed by atoms with Crippen LogP contribution in [0.5, 0.6) is 0 Å². The molecule has 1 fully saturated rings. The highest BCUT2D eigenvalue weighted by atomic mass is 16.6. The average Bonchev–Trinajstić information content (AvgIpc) is 2.57. The van der Waals surface area contributed by atoms with Gasteiger partial charge in [-0.25, -0.2) is 9.59 Å².